The summed E-state index contributed by atoms with van der Waals surface area (Å²) in [5, 5.41) is 11.6. The van der Waals surface area contributed by atoms with Gasteiger partial charge in [-0.3, -0.25) is 4.79 Å². The number of carbonyl (C=O) groups is 1. The summed E-state index contributed by atoms with van der Waals surface area (Å²) in [5.74, 6) is -0.359. The first-order valence-electron chi connectivity index (χ1n) is 3.72. The lowest BCUT2D eigenvalue weighted by Crippen LogP contribution is -2.35. The van der Waals surface area contributed by atoms with Crippen LogP contribution in [-0.2, 0) is 4.79 Å². The quantitative estimate of drug-likeness (QED) is 0.662. The van der Waals surface area contributed by atoms with E-state index in [1.807, 2.05) is 6.92 Å². The monoisotopic (exact) mass is 179 g/mol. The van der Waals surface area contributed by atoms with Crippen molar-refractivity contribution in [1.29, 1.82) is 0 Å². The lowest BCUT2D eigenvalue weighted by molar-refractivity contribution is -0.140. The average Bonchev–Trinajstić information content (AvgIpc) is 2.33. The number of carboxylic acids is 1. The first-order chi connectivity index (χ1) is 4.75. The van der Waals surface area contributed by atoms with Crippen LogP contribution in [0.5, 0.6) is 0 Å². The average molecular weight is 180 g/mol. The highest BCUT2D eigenvalue weighted by Crippen LogP contribution is 2.18. The van der Waals surface area contributed by atoms with E-state index < -0.39 is 5.97 Å². The van der Waals surface area contributed by atoms with E-state index in [1.54, 1.807) is 0 Å². The Hall–Kier alpha value is -0.280. The van der Waals surface area contributed by atoms with Gasteiger partial charge in [-0.05, 0) is 18.9 Å². The van der Waals surface area contributed by atoms with Crippen molar-refractivity contribution in [2.24, 2.45) is 5.92 Å². The van der Waals surface area contributed by atoms with Gasteiger partial charge in [0.2, 0.25) is 0 Å². The molecule has 1 unspecified atom stereocenters. The fourth-order valence-electron chi connectivity index (χ4n) is 1.49. The van der Waals surface area contributed by atoms with Crippen molar-refractivity contribution >= 4 is 18.4 Å². The summed E-state index contributed by atoms with van der Waals surface area (Å²) in [5.41, 5.74) is 0. The number of hydrogen-bond donors (Lipinski definition) is 2. The van der Waals surface area contributed by atoms with E-state index in [-0.39, 0.29) is 18.4 Å². The van der Waals surface area contributed by atoms with Crippen molar-refractivity contribution in [3.05, 3.63) is 0 Å². The van der Waals surface area contributed by atoms with Gasteiger partial charge < -0.3 is 10.4 Å². The number of hydrogen-bond acceptors (Lipinski definition) is 2. The van der Waals surface area contributed by atoms with Crippen LogP contribution in [0.2, 0.25) is 0 Å². The number of carboxylic acid groups (broad SMARTS) is 1. The summed E-state index contributed by atoms with van der Waals surface area (Å²) >= 11 is 0. The molecule has 2 N–H and O–H groups in total. The maximum Gasteiger partial charge on any atom is 0.320 e. The first-order valence-corrected chi connectivity index (χ1v) is 3.72. The van der Waals surface area contributed by atoms with Crippen LogP contribution < -0.4 is 5.32 Å². The zero-order chi connectivity index (χ0) is 7.56. The molecule has 0 amide bonds. The van der Waals surface area contributed by atoms with E-state index >= 15 is 0 Å². The lowest BCUT2D eigenvalue weighted by atomic mass is 9.98. The predicted molar refractivity (Wildman–Crippen MR) is 45.1 cm³/mol. The molecule has 1 rings (SSSR count). The summed E-state index contributed by atoms with van der Waals surface area (Å²) in [7, 11) is 0. The van der Waals surface area contributed by atoms with E-state index in [0.29, 0.717) is 5.92 Å². The third-order valence-electron chi connectivity index (χ3n) is 2.14. The minimum atomic E-state index is -0.704. The highest BCUT2D eigenvalue weighted by Gasteiger charge is 2.30. The molecule has 4 heteroatoms. The zero-order valence-electron chi connectivity index (χ0n) is 6.54. The molecule has 0 saturated carbocycles. The Balaban J connectivity index is 0.000001000. The van der Waals surface area contributed by atoms with Crippen molar-refractivity contribution in [1.82, 2.24) is 5.32 Å². The van der Waals surface area contributed by atoms with Crippen LogP contribution in [0.1, 0.15) is 19.8 Å². The maximum atomic E-state index is 10.5. The standard InChI is InChI=1S/C7H13NO2.ClH/c1-2-5-3-4-8-6(5)7(9)10;/h5-6,8H,2-4H2,1H3,(H,9,10);1H/t5?,6-;/m0./s1. The van der Waals surface area contributed by atoms with Crippen LogP contribution in [0.4, 0.5) is 0 Å². The summed E-state index contributed by atoms with van der Waals surface area (Å²) in [6, 6.07) is -0.287. The molecule has 11 heavy (non-hydrogen) atoms. The second kappa shape index (κ2) is 4.57. The van der Waals surface area contributed by atoms with Gasteiger partial charge in [-0.15, -0.1) is 12.4 Å². The maximum absolute atomic E-state index is 10.5. The second-order valence-electron chi connectivity index (χ2n) is 2.73. The molecule has 1 saturated heterocycles. The van der Waals surface area contributed by atoms with Crippen LogP contribution in [-0.4, -0.2) is 23.7 Å². The molecule has 0 radical (unpaired) electrons. The molecule has 0 bridgehead atoms. The third kappa shape index (κ3) is 2.34. The number of halogens is 1. The number of rotatable bonds is 2. The molecule has 3 nitrogen and oxygen atoms in total. The molecule has 0 aromatic heterocycles. The topological polar surface area (TPSA) is 49.3 Å². The fraction of sp³-hybridized carbons (Fsp3) is 0.857. The lowest BCUT2D eigenvalue weighted by Gasteiger charge is -2.11. The molecule has 66 valence electrons. The van der Waals surface area contributed by atoms with Crippen LogP contribution in [0.25, 0.3) is 0 Å². The van der Waals surface area contributed by atoms with Crippen molar-refractivity contribution in [2.45, 2.75) is 25.8 Å². The Morgan fingerprint density at radius 3 is 2.73 bits per heavy atom. The van der Waals surface area contributed by atoms with Crippen molar-refractivity contribution in [2.75, 3.05) is 6.54 Å². The third-order valence-corrected chi connectivity index (χ3v) is 2.14. The first kappa shape index (κ1) is 10.7. The molecule has 0 aliphatic carbocycles. The summed E-state index contributed by atoms with van der Waals surface area (Å²) in [6.45, 7) is 2.89. The predicted octanol–water partition coefficient (Wildman–Crippen LogP) is 0.881. The number of aliphatic carboxylic acids is 1. The van der Waals surface area contributed by atoms with Gasteiger partial charge >= 0.3 is 5.97 Å². The van der Waals surface area contributed by atoms with Gasteiger partial charge in [-0.1, -0.05) is 13.3 Å². The van der Waals surface area contributed by atoms with Gasteiger partial charge in [0.15, 0.2) is 0 Å². The Morgan fingerprint density at radius 2 is 2.36 bits per heavy atom. The summed E-state index contributed by atoms with van der Waals surface area (Å²) < 4.78 is 0. The van der Waals surface area contributed by atoms with Gasteiger partial charge in [0.05, 0.1) is 0 Å². The SMILES string of the molecule is CCC1CCN[C@@H]1C(=O)O.Cl. The van der Waals surface area contributed by atoms with Crippen molar-refractivity contribution in [3.63, 3.8) is 0 Å². The van der Waals surface area contributed by atoms with E-state index in [0.717, 1.165) is 19.4 Å². The van der Waals surface area contributed by atoms with Gasteiger partial charge in [0, 0.05) is 0 Å². The smallest absolute Gasteiger partial charge is 0.320 e. The number of nitrogens with one attached hydrogen (secondary N) is 1. The second-order valence-corrected chi connectivity index (χ2v) is 2.73. The summed E-state index contributed by atoms with van der Waals surface area (Å²) in [4.78, 5) is 10.5. The molecule has 1 aliphatic heterocycles. The highest BCUT2D eigenvalue weighted by atomic mass is 35.5. The van der Waals surface area contributed by atoms with Crippen LogP contribution in [0, 0.1) is 5.92 Å². The highest BCUT2D eigenvalue weighted by molar-refractivity contribution is 5.85. The molecule has 1 aliphatic rings. The Kier molecular flexibility index (Phi) is 4.45. The Morgan fingerprint density at radius 1 is 1.73 bits per heavy atom. The van der Waals surface area contributed by atoms with Gasteiger partial charge in [-0.2, -0.15) is 0 Å². The minimum absolute atomic E-state index is 0. The Labute approximate surface area is 72.6 Å². The van der Waals surface area contributed by atoms with Crippen molar-refractivity contribution in [3.8, 4) is 0 Å². The van der Waals surface area contributed by atoms with Crippen molar-refractivity contribution < 1.29 is 9.90 Å². The molecular weight excluding hydrogens is 166 g/mol. The molecule has 2 atom stereocenters. The van der Waals surface area contributed by atoms with Crippen LogP contribution in [0.3, 0.4) is 0 Å². The summed E-state index contributed by atoms with van der Waals surface area (Å²) in [6.07, 6.45) is 1.97. The fourth-order valence-corrected chi connectivity index (χ4v) is 1.49. The molecule has 1 fully saturated rings. The van der Waals surface area contributed by atoms with Crippen LogP contribution >= 0.6 is 12.4 Å². The molecule has 0 spiro atoms. The minimum Gasteiger partial charge on any atom is -0.480 e. The molecular formula is C7H14ClNO2. The molecule has 0 aromatic rings. The van der Waals surface area contributed by atoms with Gasteiger partial charge in [0.1, 0.15) is 6.04 Å². The normalized spacial score (nSPS) is 29.5. The van der Waals surface area contributed by atoms with E-state index in [4.69, 9.17) is 5.11 Å². The zero-order valence-corrected chi connectivity index (χ0v) is 7.36. The largest absolute Gasteiger partial charge is 0.480 e. The van der Waals surface area contributed by atoms with Gasteiger partial charge in [0.25, 0.3) is 0 Å². The molecule has 0 aromatic carbocycles. The molecule has 1 heterocycles. The van der Waals surface area contributed by atoms with Crippen LogP contribution in [0.15, 0.2) is 0 Å². The van der Waals surface area contributed by atoms with E-state index in [1.165, 1.54) is 0 Å². The Bertz CT molecular complexity index is 140. The van der Waals surface area contributed by atoms with E-state index in [2.05, 4.69) is 5.32 Å². The van der Waals surface area contributed by atoms with Gasteiger partial charge in [-0.25, -0.2) is 0 Å². The van der Waals surface area contributed by atoms with E-state index in [9.17, 15) is 4.79 Å².